The van der Waals surface area contributed by atoms with Gasteiger partial charge in [0.25, 0.3) is 0 Å². The molecule has 88 valence electrons. The molecule has 1 rings (SSSR count). The van der Waals surface area contributed by atoms with Crippen molar-refractivity contribution in [2.24, 2.45) is 0 Å². The van der Waals surface area contributed by atoms with Crippen LogP contribution in [0, 0.1) is 0 Å². The minimum atomic E-state index is -1.15. The molecule has 0 radical (unpaired) electrons. The van der Waals surface area contributed by atoms with Gasteiger partial charge in [0.2, 0.25) is 0 Å². The number of benzene rings is 1. The summed E-state index contributed by atoms with van der Waals surface area (Å²) in [5.41, 5.74) is 0.385. The molecule has 0 bridgehead atoms. The minimum Gasteiger partial charge on any atom is -0.479 e. The van der Waals surface area contributed by atoms with Crippen LogP contribution in [0.25, 0.3) is 0 Å². The van der Waals surface area contributed by atoms with Gasteiger partial charge in [-0.1, -0.05) is 29.3 Å². The van der Waals surface area contributed by atoms with Crippen molar-refractivity contribution in [1.29, 1.82) is 0 Å². The Kier molecular flexibility index (Phi) is 5.02. The molecule has 1 aromatic rings. The molecule has 0 fully saturated rings. The van der Waals surface area contributed by atoms with E-state index < -0.39 is 12.1 Å². The molecule has 0 amide bonds. The van der Waals surface area contributed by atoms with E-state index in [1.807, 2.05) is 0 Å². The highest BCUT2D eigenvalue weighted by molar-refractivity contribution is 6.42. The van der Waals surface area contributed by atoms with E-state index in [0.29, 0.717) is 10.6 Å². The van der Waals surface area contributed by atoms with Crippen molar-refractivity contribution in [2.45, 2.75) is 6.10 Å². The second-order valence-corrected chi connectivity index (χ2v) is 3.80. The number of aliphatic hydroxyl groups is 1. The van der Waals surface area contributed by atoms with Gasteiger partial charge < -0.3 is 14.9 Å². The zero-order valence-corrected chi connectivity index (χ0v) is 9.70. The summed E-state index contributed by atoms with van der Waals surface area (Å²) in [5, 5.41) is 18.1. The molecule has 2 N–H and O–H groups in total. The van der Waals surface area contributed by atoms with E-state index in [-0.39, 0.29) is 18.2 Å². The molecule has 4 nitrogen and oxygen atoms in total. The van der Waals surface area contributed by atoms with Crippen LogP contribution in [0.2, 0.25) is 10.0 Å². The topological polar surface area (TPSA) is 66.8 Å². The van der Waals surface area contributed by atoms with Crippen LogP contribution in [-0.4, -0.2) is 29.4 Å². The Morgan fingerprint density at radius 3 is 2.56 bits per heavy atom. The van der Waals surface area contributed by atoms with E-state index in [1.54, 1.807) is 0 Å². The van der Waals surface area contributed by atoms with E-state index in [9.17, 15) is 4.79 Å². The summed E-state index contributed by atoms with van der Waals surface area (Å²) in [6, 6.07) is 4.45. The quantitative estimate of drug-likeness (QED) is 0.855. The van der Waals surface area contributed by atoms with Gasteiger partial charge in [-0.05, 0) is 17.7 Å². The third-order valence-corrected chi connectivity index (χ3v) is 2.59. The number of rotatable bonds is 5. The Morgan fingerprint density at radius 1 is 1.38 bits per heavy atom. The molecule has 0 heterocycles. The smallest absolute Gasteiger partial charge is 0.337 e. The van der Waals surface area contributed by atoms with Crippen LogP contribution in [0.3, 0.4) is 0 Å². The summed E-state index contributed by atoms with van der Waals surface area (Å²) in [5.74, 6) is -1.15. The molecule has 0 saturated heterocycles. The predicted octanol–water partition coefficient (Wildman–Crippen LogP) is 2.13. The number of carbonyl (C=O) groups is 1. The van der Waals surface area contributed by atoms with Crippen LogP contribution in [0.15, 0.2) is 18.2 Å². The number of hydrogen-bond acceptors (Lipinski definition) is 3. The molecule has 0 spiro atoms. The fourth-order valence-electron chi connectivity index (χ4n) is 1.16. The number of halogens is 2. The maximum atomic E-state index is 10.9. The third-order valence-electron chi connectivity index (χ3n) is 1.85. The van der Waals surface area contributed by atoms with E-state index >= 15 is 0 Å². The second-order valence-electron chi connectivity index (χ2n) is 2.99. The molecule has 6 heteroatoms. The highest BCUT2D eigenvalue weighted by atomic mass is 35.5. The number of aliphatic hydroxyl groups excluding tert-OH is 1. The van der Waals surface area contributed by atoms with Crippen LogP contribution in [0.1, 0.15) is 11.7 Å². The van der Waals surface area contributed by atoms with Crippen LogP contribution in [0.5, 0.6) is 0 Å². The van der Waals surface area contributed by atoms with Gasteiger partial charge in [0, 0.05) is 0 Å². The highest BCUT2D eigenvalue weighted by Crippen LogP contribution is 2.27. The number of aliphatic carboxylic acids is 1. The fraction of sp³-hybridized carbons (Fsp3) is 0.300. The summed E-state index contributed by atoms with van der Waals surface area (Å²) in [7, 11) is 0. The lowest BCUT2D eigenvalue weighted by Gasteiger charge is -2.13. The largest absolute Gasteiger partial charge is 0.479 e. The molecular weight excluding hydrogens is 255 g/mol. The van der Waals surface area contributed by atoms with Crippen molar-refractivity contribution >= 4 is 29.2 Å². The van der Waals surface area contributed by atoms with Crippen molar-refractivity contribution in [1.82, 2.24) is 0 Å². The Labute approximate surface area is 102 Å². The van der Waals surface area contributed by atoms with Gasteiger partial charge in [-0.2, -0.15) is 0 Å². The summed E-state index contributed by atoms with van der Waals surface area (Å²) < 4.78 is 4.98. The molecule has 0 aliphatic carbocycles. The number of ether oxygens (including phenoxy) is 1. The third kappa shape index (κ3) is 3.35. The van der Waals surface area contributed by atoms with Gasteiger partial charge in [-0.25, -0.2) is 4.79 Å². The molecule has 1 atom stereocenters. The van der Waals surface area contributed by atoms with Crippen molar-refractivity contribution in [2.75, 3.05) is 13.2 Å². The standard InChI is InChI=1S/C10H10Cl2O4/c11-7-2-1-6(5-8(7)12)9(10(14)15)16-4-3-13/h1-2,5,9,13H,3-4H2,(H,14,15). The van der Waals surface area contributed by atoms with Gasteiger partial charge in [0.15, 0.2) is 6.10 Å². The zero-order valence-electron chi connectivity index (χ0n) is 8.19. The Balaban J connectivity index is 2.92. The van der Waals surface area contributed by atoms with Gasteiger partial charge in [-0.15, -0.1) is 0 Å². The molecule has 1 unspecified atom stereocenters. The molecule has 0 aliphatic heterocycles. The lowest BCUT2D eigenvalue weighted by Crippen LogP contribution is -2.17. The van der Waals surface area contributed by atoms with Gasteiger partial charge in [0.05, 0.1) is 23.3 Å². The van der Waals surface area contributed by atoms with E-state index in [0.717, 1.165) is 0 Å². The average Bonchev–Trinajstić information content (AvgIpc) is 2.23. The van der Waals surface area contributed by atoms with E-state index in [4.69, 9.17) is 38.2 Å². The van der Waals surface area contributed by atoms with Crippen molar-refractivity contribution in [3.05, 3.63) is 33.8 Å². The first-order valence-corrected chi connectivity index (χ1v) is 5.22. The minimum absolute atomic E-state index is 0.0583. The zero-order chi connectivity index (χ0) is 12.1. The van der Waals surface area contributed by atoms with Crippen LogP contribution in [-0.2, 0) is 9.53 Å². The first-order chi connectivity index (χ1) is 7.56. The number of carboxylic acid groups (broad SMARTS) is 1. The van der Waals surface area contributed by atoms with E-state index in [1.165, 1.54) is 18.2 Å². The normalized spacial score (nSPS) is 12.4. The van der Waals surface area contributed by atoms with Crippen molar-refractivity contribution in [3.8, 4) is 0 Å². The van der Waals surface area contributed by atoms with Crippen LogP contribution >= 0.6 is 23.2 Å². The summed E-state index contributed by atoms with van der Waals surface area (Å²) in [6.45, 7) is -0.303. The average molecular weight is 265 g/mol. The number of carboxylic acids is 1. The molecule has 0 aliphatic rings. The first-order valence-electron chi connectivity index (χ1n) is 4.46. The SMILES string of the molecule is O=C(O)C(OCCO)c1ccc(Cl)c(Cl)c1. The van der Waals surface area contributed by atoms with E-state index in [2.05, 4.69) is 0 Å². The van der Waals surface area contributed by atoms with Gasteiger partial charge >= 0.3 is 5.97 Å². The lowest BCUT2D eigenvalue weighted by atomic mass is 10.1. The van der Waals surface area contributed by atoms with Crippen molar-refractivity contribution in [3.63, 3.8) is 0 Å². The Bertz CT molecular complexity index is 381. The summed E-state index contributed by atoms with van der Waals surface area (Å²) in [4.78, 5) is 10.9. The van der Waals surface area contributed by atoms with Crippen LogP contribution in [0.4, 0.5) is 0 Å². The van der Waals surface area contributed by atoms with Gasteiger partial charge in [-0.3, -0.25) is 0 Å². The summed E-state index contributed by atoms with van der Waals surface area (Å²) >= 11 is 11.5. The lowest BCUT2D eigenvalue weighted by molar-refractivity contribution is -0.151. The highest BCUT2D eigenvalue weighted by Gasteiger charge is 2.20. The molecule has 0 aromatic heterocycles. The molecular formula is C10H10Cl2O4. The Hall–Kier alpha value is -0.810. The fourth-order valence-corrected chi connectivity index (χ4v) is 1.46. The second kappa shape index (κ2) is 6.06. The maximum absolute atomic E-state index is 10.9. The van der Waals surface area contributed by atoms with Crippen molar-refractivity contribution < 1.29 is 19.7 Å². The van der Waals surface area contributed by atoms with Gasteiger partial charge in [0.1, 0.15) is 0 Å². The maximum Gasteiger partial charge on any atom is 0.337 e. The monoisotopic (exact) mass is 264 g/mol. The predicted molar refractivity (Wildman–Crippen MR) is 59.9 cm³/mol. The number of hydrogen-bond donors (Lipinski definition) is 2. The molecule has 1 aromatic carbocycles. The first kappa shape index (κ1) is 13.3. The van der Waals surface area contributed by atoms with Crippen LogP contribution < -0.4 is 0 Å². The summed E-state index contributed by atoms with van der Waals surface area (Å²) in [6.07, 6.45) is -1.15. The Morgan fingerprint density at radius 2 is 2.06 bits per heavy atom. The molecule has 0 saturated carbocycles. The molecule has 16 heavy (non-hydrogen) atoms.